The maximum absolute atomic E-state index is 12.9. The van der Waals surface area contributed by atoms with Gasteiger partial charge in [0.25, 0.3) is 5.91 Å². The number of amides is 1. The van der Waals surface area contributed by atoms with E-state index < -0.39 is 5.91 Å². The quantitative estimate of drug-likeness (QED) is 0.219. The molecule has 6 aromatic rings. The zero-order valence-electron chi connectivity index (χ0n) is 20.9. The third-order valence-corrected chi connectivity index (χ3v) is 6.70. The number of rotatable bonds is 6. The number of carbonyl (C=O) groups is 1. The Morgan fingerprint density at radius 3 is 2.42 bits per heavy atom. The molecule has 0 unspecified atom stereocenters. The molecule has 2 heterocycles. The molecule has 0 aliphatic carbocycles. The van der Waals surface area contributed by atoms with Crippen LogP contribution in [0.15, 0.2) is 113 Å². The van der Waals surface area contributed by atoms with Crippen molar-refractivity contribution < 1.29 is 15.0 Å². The number of phenolic OH excluding ortho intramolecular Hbond substituents is 1. The number of fused-ring (bicyclic) bond motifs is 1. The van der Waals surface area contributed by atoms with E-state index in [1.807, 2.05) is 60.7 Å². The highest BCUT2D eigenvalue weighted by molar-refractivity contribution is 6.30. The number of azo groups is 1. The summed E-state index contributed by atoms with van der Waals surface area (Å²) in [6.45, 7) is 0.365. The monoisotopic (exact) mass is 548 g/mol. The highest BCUT2D eigenvalue weighted by Crippen LogP contribution is 2.39. The summed E-state index contributed by atoms with van der Waals surface area (Å²) in [4.78, 5) is 12.9. The van der Waals surface area contributed by atoms with Crippen molar-refractivity contribution in [2.75, 3.05) is 0 Å². The molecule has 4 aromatic carbocycles. The molecule has 0 saturated heterocycles. The average molecular weight is 549 g/mol. The molecule has 0 spiro atoms. The van der Waals surface area contributed by atoms with Gasteiger partial charge in [-0.25, -0.2) is 4.68 Å². The predicted octanol–water partition coefficient (Wildman–Crippen LogP) is 6.93. The summed E-state index contributed by atoms with van der Waals surface area (Å²) in [6, 6.07) is 28.7. The van der Waals surface area contributed by atoms with Crippen molar-refractivity contribution in [1.29, 1.82) is 0 Å². The van der Waals surface area contributed by atoms with Crippen LogP contribution in [0.25, 0.3) is 27.8 Å². The summed E-state index contributed by atoms with van der Waals surface area (Å²) in [5.74, 6) is -1.18. The predicted molar refractivity (Wildman–Crippen MR) is 151 cm³/mol. The molecule has 0 aliphatic rings. The second kappa shape index (κ2) is 10.5. The first-order chi connectivity index (χ1) is 19.5. The first-order valence-corrected chi connectivity index (χ1v) is 12.7. The molecule has 0 saturated carbocycles. The third-order valence-electron chi connectivity index (χ3n) is 6.45. The van der Waals surface area contributed by atoms with Crippen LogP contribution in [0, 0.1) is 0 Å². The van der Waals surface area contributed by atoms with Gasteiger partial charge in [0.2, 0.25) is 5.88 Å². The summed E-state index contributed by atoms with van der Waals surface area (Å²) in [5.41, 5.74) is 3.86. The molecule has 0 radical (unpaired) electrons. The van der Waals surface area contributed by atoms with E-state index in [1.165, 1.54) is 16.8 Å². The second-order valence-electron chi connectivity index (χ2n) is 9.02. The standard InChI is InChI=1S/C30H21ClN6O3/c31-21-12-10-19(11-13-21)17-36-26-9-5-4-8-23(26)28(30(36)40)33-34-29(39)24-15-14-22(16-27(24)38)37-18-25(32-35-37)20-6-2-1-3-7-20/h1-16,18,38,40H,17H2. The van der Waals surface area contributed by atoms with E-state index in [2.05, 4.69) is 20.5 Å². The van der Waals surface area contributed by atoms with Gasteiger partial charge in [0.05, 0.1) is 29.5 Å². The van der Waals surface area contributed by atoms with Gasteiger partial charge in [-0.2, -0.15) is 0 Å². The lowest BCUT2D eigenvalue weighted by Crippen LogP contribution is -1.99. The number of hydrogen-bond acceptors (Lipinski definition) is 6. The number of carbonyl (C=O) groups excluding carboxylic acids is 1. The maximum Gasteiger partial charge on any atom is 0.299 e. The first-order valence-electron chi connectivity index (χ1n) is 12.3. The van der Waals surface area contributed by atoms with E-state index in [9.17, 15) is 15.0 Å². The average Bonchev–Trinajstić information content (AvgIpc) is 3.57. The Kier molecular flexibility index (Phi) is 6.55. The van der Waals surface area contributed by atoms with Crippen molar-refractivity contribution in [3.05, 3.63) is 119 Å². The summed E-state index contributed by atoms with van der Waals surface area (Å²) >= 11 is 6.00. The molecule has 9 nitrogen and oxygen atoms in total. The van der Waals surface area contributed by atoms with Crippen molar-refractivity contribution in [2.24, 2.45) is 10.2 Å². The van der Waals surface area contributed by atoms with Crippen LogP contribution in [0.3, 0.4) is 0 Å². The molecule has 0 fully saturated rings. The molecule has 1 amide bonds. The molecular formula is C30H21ClN6O3. The Labute approximate surface area is 233 Å². The highest BCUT2D eigenvalue weighted by Gasteiger charge is 2.18. The number of nitrogens with zero attached hydrogens (tertiary/aromatic N) is 6. The van der Waals surface area contributed by atoms with Gasteiger partial charge in [-0.15, -0.1) is 15.3 Å². The van der Waals surface area contributed by atoms with Gasteiger partial charge in [0.15, 0.2) is 5.69 Å². The number of halogens is 1. The molecule has 2 N–H and O–H groups in total. The Morgan fingerprint density at radius 2 is 1.65 bits per heavy atom. The van der Waals surface area contributed by atoms with E-state index >= 15 is 0 Å². The van der Waals surface area contributed by atoms with Crippen molar-refractivity contribution in [3.8, 4) is 28.6 Å². The van der Waals surface area contributed by atoms with E-state index in [1.54, 1.807) is 35.0 Å². The molecule has 2 aromatic heterocycles. The lowest BCUT2D eigenvalue weighted by Gasteiger charge is -2.07. The lowest BCUT2D eigenvalue weighted by molar-refractivity contribution is 0.0992. The van der Waals surface area contributed by atoms with Crippen LogP contribution in [0.4, 0.5) is 5.69 Å². The Balaban J connectivity index is 1.26. The largest absolute Gasteiger partial charge is 0.507 e. The Hall–Kier alpha value is -5.28. The molecule has 10 heteroatoms. The number of aromatic nitrogens is 4. The summed E-state index contributed by atoms with van der Waals surface area (Å²) < 4.78 is 3.19. The third kappa shape index (κ3) is 4.81. The van der Waals surface area contributed by atoms with Crippen molar-refractivity contribution >= 4 is 34.1 Å². The number of hydrogen-bond donors (Lipinski definition) is 2. The van der Waals surface area contributed by atoms with Crippen LogP contribution >= 0.6 is 11.6 Å². The number of aromatic hydroxyl groups is 2. The summed E-state index contributed by atoms with van der Waals surface area (Å²) in [7, 11) is 0. The first kappa shape index (κ1) is 25.0. The fourth-order valence-corrected chi connectivity index (χ4v) is 4.55. The molecule has 0 atom stereocenters. The van der Waals surface area contributed by atoms with Gasteiger partial charge in [0, 0.05) is 22.0 Å². The number of para-hydroxylation sites is 1. The SMILES string of the molecule is O=C(N=Nc1c(O)n(Cc2ccc(Cl)cc2)c2ccccc12)c1ccc(-n2cc(-c3ccccc3)nn2)cc1O. The van der Waals surface area contributed by atoms with Gasteiger partial charge in [-0.1, -0.05) is 77.5 Å². The van der Waals surface area contributed by atoms with E-state index in [4.69, 9.17) is 11.6 Å². The number of phenols is 1. The molecule has 0 bridgehead atoms. The van der Waals surface area contributed by atoms with E-state index in [0.29, 0.717) is 28.3 Å². The molecule has 6 rings (SSSR count). The molecule has 196 valence electrons. The van der Waals surface area contributed by atoms with Crippen LogP contribution in [-0.2, 0) is 6.54 Å². The smallest absolute Gasteiger partial charge is 0.299 e. The van der Waals surface area contributed by atoms with Gasteiger partial charge in [-0.3, -0.25) is 4.79 Å². The minimum absolute atomic E-state index is 0.0414. The van der Waals surface area contributed by atoms with Crippen LogP contribution < -0.4 is 0 Å². The minimum atomic E-state index is -0.762. The highest BCUT2D eigenvalue weighted by atomic mass is 35.5. The minimum Gasteiger partial charge on any atom is -0.507 e. The second-order valence-corrected chi connectivity index (χ2v) is 9.46. The fourth-order valence-electron chi connectivity index (χ4n) is 4.43. The normalized spacial score (nSPS) is 11.4. The zero-order chi connectivity index (χ0) is 27.6. The van der Waals surface area contributed by atoms with Crippen molar-refractivity contribution in [2.45, 2.75) is 6.54 Å². The lowest BCUT2D eigenvalue weighted by atomic mass is 10.1. The summed E-state index contributed by atoms with van der Waals surface area (Å²) in [6.07, 6.45) is 1.73. The van der Waals surface area contributed by atoms with Gasteiger partial charge in [-0.05, 0) is 35.9 Å². The van der Waals surface area contributed by atoms with E-state index in [-0.39, 0.29) is 22.9 Å². The van der Waals surface area contributed by atoms with Crippen LogP contribution in [-0.4, -0.2) is 35.7 Å². The zero-order valence-corrected chi connectivity index (χ0v) is 21.6. The molecule has 40 heavy (non-hydrogen) atoms. The number of benzene rings is 4. The van der Waals surface area contributed by atoms with Crippen LogP contribution in [0.1, 0.15) is 15.9 Å². The fraction of sp³-hybridized carbons (Fsp3) is 0.0333. The van der Waals surface area contributed by atoms with Crippen molar-refractivity contribution in [3.63, 3.8) is 0 Å². The van der Waals surface area contributed by atoms with Crippen molar-refractivity contribution in [1.82, 2.24) is 19.6 Å². The molecule has 0 aliphatic heterocycles. The van der Waals surface area contributed by atoms with Gasteiger partial charge < -0.3 is 14.8 Å². The van der Waals surface area contributed by atoms with Gasteiger partial charge in [0.1, 0.15) is 11.4 Å². The topological polar surface area (TPSA) is 118 Å². The maximum atomic E-state index is 12.9. The molecular weight excluding hydrogens is 528 g/mol. The van der Waals surface area contributed by atoms with Crippen LogP contribution in [0.2, 0.25) is 5.02 Å². The van der Waals surface area contributed by atoms with E-state index in [0.717, 1.165) is 16.6 Å². The summed E-state index contributed by atoms with van der Waals surface area (Å²) in [5, 5.41) is 39.1. The Bertz CT molecular complexity index is 1880. The Morgan fingerprint density at radius 1 is 0.900 bits per heavy atom. The van der Waals surface area contributed by atoms with Crippen LogP contribution in [0.5, 0.6) is 11.6 Å². The van der Waals surface area contributed by atoms with Gasteiger partial charge >= 0.3 is 0 Å².